The smallest absolute Gasteiger partial charge is 0.279 e. The fourth-order valence-corrected chi connectivity index (χ4v) is 5.13. The summed E-state index contributed by atoms with van der Waals surface area (Å²) < 4.78 is 0.806. The van der Waals surface area contributed by atoms with E-state index in [0.29, 0.717) is 12.5 Å². The maximum Gasteiger partial charge on any atom is 0.279 e. The summed E-state index contributed by atoms with van der Waals surface area (Å²) in [6, 6.07) is 27.6. The summed E-state index contributed by atoms with van der Waals surface area (Å²) in [5.41, 5.74) is 5.89. The van der Waals surface area contributed by atoms with Crippen molar-refractivity contribution in [3.05, 3.63) is 101 Å². The van der Waals surface area contributed by atoms with Crippen LogP contribution >= 0.6 is 0 Å². The van der Waals surface area contributed by atoms with Gasteiger partial charge in [0.2, 0.25) is 0 Å². The summed E-state index contributed by atoms with van der Waals surface area (Å²) in [7, 11) is 0. The number of piperidine rings is 1. The molecule has 3 nitrogen and oxygen atoms in total. The number of para-hydroxylation sites is 1. The van der Waals surface area contributed by atoms with Crippen LogP contribution < -0.4 is 5.32 Å². The standard InChI is InChI=1S/C28H32N2O/c1-22-11-9-12-23(2)28(22)29-27(31)21-30(19-24-13-5-3-6-14-24)18-10-17-26(20-30)25-15-7-4-8-16-25/h3-9,11-16,26H,10,17-21H2,1-2H3/p+1. The molecule has 0 radical (unpaired) electrons. The van der Waals surface area contributed by atoms with E-state index in [9.17, 15) is 4.79 Å². The quantitative estimate of drug-likeness (QED) is 0.506. The summed E-state index contributed by atoms with van der Waals surface area (Å²) in [4.78, 5) is 13.3. The normalized spacial score (nSPS) is 20.9. The molecule has 0 spiro atoms. The van der Waals surface area contributed by atoms with Crippen molar-refractivity contribution in [2.24, 2.45) is 0 Å². The topological polar surface area (TPSA) is 29.1 Å². The molecule has 1 amide bonds. The Bertz CT molecular complexity index is 995. The minimum Gasteiger partial charge on any atom is -0.321 e. The minimum atomic E-state index is 0.113. The van der Waals surface area contributed by atoms with Gasteiger partial charge in [0.05, 0.1) is 13.1 Å². The molecule has 2 atom stereocenters. The van der Waals surface area contributed by atoms with Gasteiger partial charge in [-0.15, -0.1) is 0 Å². The van der Waals surface area contributed by atoms with Crippen LogP contribution in [0.1, 0.15) is 41.0 Å². The van der Waals surface area contributed by atoms with Gasteiger partial charge in [0, 0.05) is 17.2 Å². The van der Waals surface area contributed by atoms with Crippen LogP contribution in [-0.4, -0.2) is 30.0 Å². The number of anilines is 1. The highest BCUT2D eigenvalue weighted by Crippen LogP contribution is 2.33. The van der Waals surface area contributed by atoms with Crippen molar-refractivity contribution in [2.75, 3.05) is 25.0 Å². The Morgan fingerprint density at radius 2 is 1.55 bits per heavy atom. The molecule has 1 fully saturated rings. The van der Waals surface area contributed by atoms with Crippen LogP contribution in [0, 0.1) is 13.8 Å². The molecule has 1 aliphatic rings. The van der Waals surface area contributed by atoms with Gasteiger partial charge in [-0.25, -0.2) is 0 Å². The number of carbonyl (C=O) groups excluding carboxylic acids is 1. The summed E-state index contributed by atoms with van der Waals surface area (Å²) in [5, 5.41) is 3.24. The van der Waals surface area contributed by atoms with E-state index in [0.717, 1.165) is 47.4 Å². The first-order chi connectivity index (χ1) is 15.0. The van der Waals surface area contributed by atoms with Gasteiger partial charge in [0.1, 0.15) is 6.54 Å². The van der Waals surface area contributed by atoms with E-state index in [2.05, 4.69) is 92.0 Å². The highest BCUT2D eigenvalue weighted by Gasteiger charge is 2.37. The Morgan fingerprint density at radius 3 is 2.23 bits per heavy atom. The average molecular weight is 414 g/mol. The molecule has 2 unspecified atom stereocenters. The second-order valence-corrected chi connectivity index (χ2v) is 9.11. The maximum atomic E-state index is 13.3. The first kappa shape index (κ1) is 21.3. The predicted octanol–water partition coefficient (Wildman–Crippen LogP) is 5.84. The predicted molar refractivity (Wildman–Crippen MR) is 128 cm³/mol. The fourth-order valence-electron chi connectivity index (χ4n) is 5.13. The molecule has 4 rings (SSSR count). The summed E-state index contributed by atoms with van der Waals surface area (Å²) >= 11 is 0. The van der Waals surface area contributed by atoms with E-state index in [4.69, 9.17) is 0 Å². The molecule has 0 aliphatic carbocycles. The van der Waals surface area contributed by atoms with Gasteiger partial charge in [0.25, 0.3) is 5.91 Å². The number of nitrogens with one attached hydrogen (secondary N) is 1. The van der Waals surface area contributed by atoms with Crippen LogP contribution in [0.25, 0.3) is 0 Å². The second-order valence-electron chi connectivity index (χ2n) is 9.11. The number of hydrogen-bond donors (Lipinski definition) is 1. The van der Waals surface area contributed by atoms with E-state index >= 15 is 0 Å². The molecule has 160 valence electrons. The van der Waals surface area contributed by atoms with Crippen molar-refractivity contribution in [1.29, 1.82) is 0 Å². The van der Waals surface area contributed by atoms with Crippen LogP contribution in [0.4, 0.5) is 5.69 Å². The molecule has 0 bridgehead atoms. The maximum absolute atomic E-state index is 13.3. The van der Waals surface area contributed by atoms with Gasteiger partial charge in [0.15, 0.2) is 6.54 Å². The summed E-state index contributed by atoms with van der Waals surface area (Å²) in [6.45, 7) is 7.56. The molecule has 1 N–H and O–H groups in total. The number of nitrogens with zero attached hydrogens (tertiary/aromatic N) is 1. The lowest BCUT2D eigenvalue weighted by Crippen LogP contribution is -2.56. The Balaban J connectivity index is 1.58. The Kier molecular flexibility index (Phi) is 6.53. The minimum absolute atomic E-state index is 0.113. The third-order valence-corrected chi connectivity index (χ3v) is 6.65. The van der Waals surface area contributed by atoms with E-state index in [1.807, 2.05) is 6.07 Å². The Labute approximate surface area is 186 Å². The van der Waals surface area contributed by atoms with Crippen LogP contribution in [0.3, 0.4) is 0 Å². The lowest BCUT2D eigenvalue weighted by atomic mass is 9.88. The Morgan fingerprint density at radius 1 is 0.903 bits per heavy atom. The number of rotatable bonds is 6. The van der Waals surface area contributed by atoms with E-state index in [-0.39, 0.29) is 5.91 Å². The second kappa shape index (κ2) is 9.49. The number of carbonyl (C=O) groups is 1. The van der Waals surface area contributed by atoms with Crippen molar-refractivity contribution in [3.8, 4) is 0 Å². The highest BCUT2D eigenvalue weighted by molar-refractivity contribution is 5.93. The lowest BCUT2D eigenvalue weighted by molar-refractivity contribution is -0.939. The van der Waals surface area contributed by atoms with Gasteiger partial charge < -0.3 is 9.80 Å². The third kappa shape index (κ3) is 5.23. The summed E-state index contributed by atoms with van der Waals surface area (Å²) in [6.07, 6.45) is 2.33. The van der Waals surface area contributed by atoms with Gasteiger partial charge >= 0.3 is 0 Å². The zero-order chi connectivity index (χ0) is 21.7. The van der Waals surface area contributed by atoms with Crippen molar-refractivity contribution < 1.29 is 9.28 Å². The van der Waals surface area contributed by atoms with Gasteiger partial charge in [-0.3, -0.25) is 4.79 Å². The van der Waals surface area contributed by atoms with Crippen molar-refractivity contribution in [3.63, 3.8) is 0 Å². The average Bonchev–Trinajstić information content (AvgIpc) is 2.78. The molecular formula is C28H33N2O+. The molecule has 0 aromatic heterocycles. The fraction of sp³-hybridized carbons (Fsp3) is 0.321. The molecule has 0 saturated carbocycles. The van der Waals surface area contributed by atoms with Crippen LogP contribution in [0.5, 0.6) is 0 Å². The molecule has 3 aromatic rings. The third-order valence-electron chi connectivity index (χ3n) is 6.65. The van der Waals surface area contributed by atoms with Crippen LogP contribution in [0.2, 0.25) is 0 Å². The first-order valence-corrected chi connectivity index (χ1v) is 11.3. The Hall–Kier alpha value is -2.91. The van der Waals surface area contributed by atoms with Crippen molar-refractivity contribution >= 4 is 11.6 Å². The molecule has 1 aliphatic heterocycles. The van der Waals surface area contributed by atoms with E-state index < -0.39 is 0 Å². The number of hydrogen-bond acceptors (Lipinski definition) is 1. The zero-order valence-corrected chi connectivity index (χ0v) is 18.7. The van der Waals surface area contributed by atoms with Crippen LogP contribution in [0.15, 0.2) is 78.9 Å². The number of likely N-dealkylation sites (tertiary alicyclic amines) is 1. The summed E-state index contributed by atoms with van der Waals surface area (Å²) in [5.74, 6) is 0.605. The molecule has 1 saturated heterocycles. The monoisotopic (exact) mass is 413 g/mol. The number of aryl methyl sites for hydroxylation is 2. The van der Waals surface area contributed by atoms with Gasteiger partial charge in [-0.2, -0.15) is 0 Å². The molecular weight excluding hydrogens is 380 g/mol. The molecule has 3 heteroatoms. The number of benzene rings is 3. The van der Waals surface area contributed by atoms with Gasteiger partial charge in [-0.05, 0) is 43.4 Å². The van der Waals surface area contributed by atoms with E-state index in [1.165, 1.54) is 17.5 Å². The largest absolute Gasteiger partial charge is 0.321 e. The molecule has 31 heavy (non-hydrogen) atoms. The SMILES string of the molecule is Cc1cccc(C)c1NC(=O)C[N+]1(Cc2ccccc2)CCCC(c2ccccc2)C1. The number of amides is 1. The van der Waals surface area contributed by atoms with Crippen molar-refractivity contribution in [2.45, 2.75) is 39.2 Å². The molecule has 1 heterocycles. The van der Waals surface area contributed by atoms with Crippen LogP contribution in [-0.2, 0) is 11.3 Å². The lowest BCUT2D eigenvalue weighted by Gasteiger charge is -2.44. The zero-order valence-electron chi connectivity index (χ0n) is 18.7. The molecule has 3 aromatic carbocycles. The van der Waals surface area contributed by atoms with Gasteiger partial charge in [-0.1, -0.05) is 78.9 Å². The van der Waals surface area contributed by atoms with Crippen molar-refractivity contribution in [1.82, 2.24) is 0 Å². The highest BCUT2D eigenvalue weighted by atomic mass is 16.2. The first-order valence-electron chi connectivity index (χ1n) is 11.3. The number of quaternary nitrogens is 1. The van der Waals surface area contributed by atoms with E-state index in [1.54, 1.807) is 0 Å².